The molecule has 0 saturated carbocycles. The lowest BCUT2D eigenvalue weighted by molar-refractivity contribution is -0.0326. The SMILES string of the molecule is CC(C)(N)CSCCSC(F)(F)F. The summed E-state index contributed by atoms with van der Waals surface area (Å²) in [6, 6.07) is 0. The monoisotopic (exact) mass is 233 g/mol. The third kappa shape index (κ3) is 12.4. The van der Waals surface area contributed by atoms with E-state index in [4.69, 9.17) is 5.73 Å². The Morgan fingerprint density at radius 2 is 1.69 bits per heavy atom. The Labute approximate surface area is 85.0 Å². The Kier molecular flexibility index (Phi) is 5.55. The quantitative estimate of drug-likeness (QED) is 0.739. The average molecular weight is 233 g/mol. The highest BCUT2D eigenvalue weighted by Gasteiger charge is 2.27. The molecule has 0 heterocycles. The minimum atomic E-state index is -4.10. The number of nitrogens with two attached hydrogens (primary N) is 1. The van der Waals surface area contributed by atoms with Crippen molar-refractivity contribution in [2.45, 2.75) is 24.9 Å². The normalized spacial score (nSPS) is 13.4. The molecule has 0 aliphatic heterocycles. The largest absolute Gasteiger partial charge is 0.441 e. The summed E-state index contributed by atoms with van der Waals surface area (Å²) in [5.41, 5.74) is 1.26. The standard InChI is InChI=1S/C7H14F3NS2/c1-6(2,11)5-12-3-4-13-7(8,9)10/h3-5,11H2,1-2H3. The van der Waals surface area contributed by atoms with Crippen molar-refractivity contribution in [1.82, 2.24) is 0 Å². The number of alkyl halides is 3. The van der Waals surface area contributed by atoms with Gasteiger partial charge >= 0.3 is 5.51 Å². The van der Waals surface area contributed by atoms with Crippen LogP contribution >= 0.6 is 23.5 Å². The zero-order chi connectivity index (χ0) is 10.5. The second kappa shape index (κ2) is 5.36. The summed E-state index contributed by atoms with van der Waals surface area (Å²) < 4.78 is 34.9. The molecule has 2 N–H and O–H groups in total. The Morgan fingerprint density at radius 1 is 1.15 bits per heavy atom. The van der Waals surface area contributed by atoms with E-state index in [1.165, 1.54) is 11.8 Å². The lowest BCUT2D eigenvalue weighted by Gasteiger charge is -2.17. The Bertz CT molecular complexity index is 126. The third-order valence-corrected chi connectivity index (χ3v) is 3.40. The first kappa shape index (κ1) is 13.4. The van der Waals surface area contributed by atoms with Crippen LogP contribution in [0.15, 0.2) is 0 Å². The van der Waals surface area contributed by atoms with E-state index in [9.17, 15) is 13.2 Å². The molecule has 6 heteroatoms. The molecule has 0 saturated heterocycles. The first-order valence-corrected chi connectivity index (χ1v) is 5.92. The van der Waals surface area contributed by atoms with Crippen molar-refractivity contribution in [3.05, 3.63) is 0 Å². The topological polar surface area (TPSA) is 26.0 Å². The summed E-state index contributed by atoms with van der Waals surface area (Å²) in [6.45, 7) is 3.72. The van der Waals surface area contributed by atoms with Crippen molar-refractivity contribution in [3.63, 3.8) is 0 Å². The third-order valence-electron chi connectivity index (χ3n) is 0.967. The number of rotatable bonds is 5. The Hall–Kier alpha value is 0.450. The van der Waals surface area contributed by atoms with Gasteiger partial charge in [0.2, 0.25) is 0 Å². The molecule has 0 atom stereocenters. The predicted octanol–water partition coefficient (Wildman–Crippen LogP) is 2.71. The first-order chi connectivity index (χ1) is 5.71. The van der Waals surface area contributed by atoms with Gasteiger partial charge in [-0.25, -0.2) is 0 Å². The summed E-state index contributed by atoms with van der Waals surface area (Å²) in [5.74, 6) is 1.28. The van der Waals surface area contributed by atoms with Crippen LogP contribution in [0.5, 0.6) is 0 Å². The van der Waals surface area contributed by atoms with Crippen molar-refractivity contribution in [2.24, 2.45) is 5.73 Å². The zero-order valence-corrected chi connectivity index (χ0v) is 9.28. The summed E-state index contributed by atoms with van der Waals surface area (Å²) in [5, 5.41) is 0. The van der Waals surface area contributed by atoms with Gasteiger partial charge in [0.05, 0.1) is 0 Å². The highest BCUT2D eigenvalue weighted by Crippen LogP contribution is 2.30. The van der Waals surface area contributed by atoms with Crippen LogP contribution in [0.3, 0.4) is 0 Å². The number of hydrogen-bond donors (Lipinski definition) is 1. The number of hydrogen-bond acceptors (Lipinski definition) is 3. The molecule has 0 amide bonds. The molecular formula is C7H14F3NS2. The van der Waals surface area contributed by atoms with E-state index in [0.717, 1.165) is 0 Å². The maximum Gasteiger partial charge on any atom is 0.441 e. The maximum atomic E-state index is 11.6. The van der Waals surface area contributed by atoms with Crippen molar-refractivity contribution in [3.8, 4) is 0 Å². The fraction of sp³-hybridized carbons (Fsp3) is 1.00. The molecule has 80 valence electrons. The minimum absolute atomic E-state index is 0.0225. The number of thioether (sulfide) groups is 2. The average Bonchev–Trinajstić information content (AvgIpc) is 1.81. The Balaban J connectivity index is 3.28. The van der Waals surface area contributed by atoms with Gasteiger partial charge in [-0.2, -0.15) is 24.9 Å². The van der Waals surface area contributed by atoms with Crippen LogP contribution in [0.25, 0.3) is 0 Å². The van der Waals surface area contributed by atoms with Gasteiger partial charge in [0.1, 0.15) is 0 Å². The van der Waals surface area contributed by atoms with E-state index in [-0.39, 0.29) is 23.1 Å². The van der Waals surface area contributed by atoms with Crippen molar-refractivity contribution >= 4 is 23.5 Å². The smallest absolute Gasteiger partial charge is 0.325 e. The van der Waals surface area contributed by atoms with Gasteiger partial charge in [-0.1, -0.05) is 11.8 Å². The summed E-state index contributed by atoms with van der Waals surface area (Å²) in [6.07, 6.45) is 0. The van der Waals surface area contributed by atoms with E-state index in [1.54, 1.807) is 0 Å². The molecule has 0 aliphatic rings. The van der Waals surface area contributed by atoms with Crippen LogP contribution in [0.1, 0.15) is 13.8 Å². The van der Waals surface area contributed by atoms with Gasteiger partial charge in [-0.15, -0.1) is 0 Å². The molecular weight excluding hydrogens is 219 g/mol. The van der Waals surface area contributed by atoms with Crippen molar-refractivity contribution in [1.29, 1.82) is 0 Å². The lowest BCUT2D eigenvalue weighted by atomic mass is 10.1. The molecule has 0 aromatic rings. The highest BCUT2D eigenvalue weighted by molar-refractivity contribution is 8.03. The molecule has 0 aliphatic carbocycles. The van der Waals surface area contributed by atoms with Gasteiger partial charge in [0.15, 0.2) is 0 Å². The van der Waals surface area contributed by atoms with Crippen LogP contribution in [-0.4, -0.2) is 28.3 Å². The second-order valence-electron chi connectivity index (χ2n) is 3.34. The Morgan fingerprint density at radius 3 is 2.08 bits per heavy atom. The summed E-state index contributed by atoms with van der Waals surface area (Å²) >= 11 is 1.48. The van der Waals surface area contributed by atoms with Gasteiger partial charge in [0.25, 0.3) is 0 Å². The van der Waals surface area contributed by atoms with Gasteiger partial charge in [-0.3, -0.25) is 0 Å². The molecule has 0 rings (SSSR count). The first-order valence-electron chi connectivity index (χ1n) is 3.78. The predicted molar refractivity (Wildman–Crippen MR) is 54.1 cm³/mol. The fourth-order valence-corrected chi connectivity index (χ4v) is 2.26. The van der Waals surface area contributed by atoms with Crippen LogP contribution < -0.4 is 5.73 Å². The van der Waals surface area contributed by atoms with Gasteiger partial charge in [-0.05, 0) is 13.8 Å². The molecule has 0 aromatic heterocycles. The minimum Gasteiger partial charge on any atom is -0.325 e. The summed E-state index contributed by atoms with van der Waals surface area (Å²) in [4.78, 5) is 0. The van der Waals surface area contributed by atoms with Crippen molar-refractivity contribution in [2.75, 3.05) is 17.3 Å². The van der Waals surface area contributed by atoms with Crippen LogP contribution in [0, 0.1) is 0 Å². The van der Waals surface area contributed by atoms with Gasteiger partial charge in [0, 0.05) is 22.8 Å². The fourth-order valence-electron chi connectivity index (χ4n) is 0.552. The lowest BCUT2D eigenvalue weighted by Crippen LogP contribution is -2.34. The molecule has 0 bridgehead atoms. The van der Waals surface area contributed by atoms with Gasteiger partial charge < -0.3 is 5.73 Å². The molecule has 13 heavy (non-hydrogen) atoms. The molecule has 0 radical (unpaired) electrons. The molecule has 0 unspecified atom stereocenters. The number of halogens is 3. The van der Waals surface area contributed by atoms with E-state index in [1.807, 2.05) is 13.8 Å². The summed E-state index contributed by atoms with van der Waals surface area (Å²) in [7, 11) is 0. The molecule has 0 aromatic carbocycles. The van der Waals surface area contributed by atoms with E-state index < -0.39 is 5.51 Å². The van der Waals surface area contributed by atoms with E-state index >= 15 is 0 Å². The molecule has 0 spiro atoms. The van der Waals surface area contributed by atoms with E-state index in [2.05, 4.69) is 0 Å². The van der Waals surface area contributed by atoms with Crippen LogP contribution in [-0.2, 0) is 0 Å². The molecule has 1 nitrogen and oxygen atoms in total. The van der Waals surface area contributed by atoms with Crippen LogP contribution in [0.2, 0.25) is 0 Å². The van der Waals surface area contributed by atoms with Crippen molar-refractivity contribution < 1.29 is 13.2 Å². The second-order valence-corrected chi connectivity index (χ2v) is 5.60. The zero-order valence-electron chi connectivity index (χ0n) is 7.65. The van der Waals surface area contributed by atoms with E-state index in [0.29, 0.717) is 11.5 Å². The van der Waals surface area contributed by atoms with Crippen LogP contribution in [0.4, 0.5) is 13.2 Å². The highest BCUT2D eigenvalue weighted by atomic mass is 32.2. The molecule has 0 fully saturated rings. The maximum absolute atomic E-state index is 11.6.